The molecule has 1 fully saturated rings. The minimum absolute atomic E-state index is 0.0807. The third-order valence-electron chi connectivity index (χ3n) is 5.35. The fraction of sp³-hybridized carbons (Fsp3) is 0.368. The van der Waals surface area contributed by atoms with E-state index in [-0.39, 0.29) is 12.3 Å². The molecule has 2 aliphatic heterocycles. The van der Waals surface area contributed by atoms with E-state index in [4.69, 9.17) is 23.2 Å². The molecule has 1 unspecified atom stereocenters. The Morgan fingerprint density at radius 3 is 2.71 bits per heavy atom. The lowest BCUT2D eigenvalue weighted by atomic mass is 9.81. The first kappa shape index (κ1) is 19.4. The molecule has 4 rings (SSSR count). The lowest BCUT2D eigenvalue weighted by Crippen LogP contribution is -2.41. The van der Waals surface area contributed by atoms with Crippen LogP contribution in [0.15, 0.2) is 24.4 Å². The predicted molar refractivity (Wildman–Crippen MR) is 108 cm³/mol. The number of halogens is 2. The number of likely N-dealkylation sites (tertiary alicyclic amines) is 1. The highest BCUT2D eigenvalue weighted by Gasteiger charge is 2.50. The number of nitrogens with zero attached hydrogens (tertiary/aromatic N) is 3. The van der Waals surface area contributed by atoms with Crippen LogP contribution in [0.2, 0.25) is 9.36 Å². The van der Waals surface area contributed by atoms with E-state index in [0.29, 0.717) is 40.4 Å². The van der Waals surface area contributed by atoms with Crippen molar-refractivity contribution in [3.05, 3.63) is 44.3 Å². The van der Waals surface area contributed by atoms with Crippen molar-refractivity contribution in [2.45, 2.75) is 25.2 Å². The average Bonchev–Trinajstić information content (AvgIpc) is 3.34. The summed E-state index contributed by atoms with van der Waals surface area (Å²) in [4.78, 5) is 44.2. The monoisotopic (exact) mass is 437 g/mol. The van der Waals surface area contributed by atoms with Crippen molar-refractivity contribution >= 4 is 57.8 Å². The number of hydrogen-bond donors (Lipinski definition) is 0. The lowest BCUT2D eigenvalue weighted by molar-refractivity contribution is -0.143. The number of carbonyl (C=O) groups is 3. The van der Waals surface area contributed by atoms with Gasteiger partial charge in [-0.15, -0.1) is 11.3 Å². The van der Waals surface area contributed by atoms with Crippen LogP contribution in [-0.4, -0.2) is 47.1 Å². The van der Waals surface area contributed by atoms with Crippen LogP contribution in [-0.2, 0) is 26.2 Å². The van der Waals surface area contributed by atoms with Gasteiger partial charge in [0.2, 0.25) is 11.7 Å². The smallest absolute Gasteiger partial charge is 0.289 e. The Kier molecular flexibility index (Phi) is 4.93. The number of thiazole rings is 1. The van der Waals surface area contributed by atoms with Crippen molar-refractivity contribution < 1.29 is 14.4 Å². The molecule has 1 aromatic carbocycles. The SMILES string of the molecule is CC(=O)C(=O)N1CCC2(C1)CN(C(=O)Cc1ncc(Cl)s1)c1ccc(Cl)cc12. The van der Waals surface area contributed by atoms with Crippen LogP contribution in [0, 0.1) is 0 Å². The number of rotatable bonds is 3. The number of fused-ring (bicyclic) bond motifs is 2. The summed E-state index contributed by atoms with van der Waals surface area (Å²) in [6.45, 7) is 2.60. The van der Waals surface area contributed by atoms with Crippen molar-refractivity contribution in [3.63, 3.8) is 0 Å². The fourth-order valence-electron chi connectivity index (χ4n) is 4.08. The van der Waals surface area contributed by atoms with Gasteiger partial charge in [-0.2, -0.15) is 0 Å². The van der Waals surface area contributed by atoms with Crippen molar-refractivity contribution in [3.8, 4) is 0 Å². The Labute approximate surface area is 176 Å². The largest absolute Gasteiger partial charge is 0.335 e. The van der Waals surface area contributed by atoms with E-state index in [1.54, 1.807) is 15.9 Å². The number of ketones is 1. The van der Waals surface area contributed by atoms with E-state index < -0.39 is 17.1 Å². The normalized spacial score (nSPS) is 20.7. The van der Waals surface area contributed by atoms with Gasteiger partial charge in [0.15, 0.2) is 0 Å². The van der Waals surface area contributed by atoms with E-state index in [0.717, 1.165) is 11.3 Å². The molecule has 0 N–H and O–H groups in total. The number of aromatic nitrogens is 1. The van der Waals surface area contributed by atoms with Crippen molar-refractivity contribution in [1.82, 2.24) is 9.88 Å². The molecule has 1 spiro atoms. The summed E-state index contributed by atoms with van der Waals surface area (Å²) in [5, 5.41) is 1.24. The number of carbonyl (C=O) groups excluding carboxylic acids is 3. The highest BCUT2D eigenvalue weighted by atomic mass is 35.5. The Hall–Kier alpha value is -1.96. The summed E-state index contributed by atoms with van der Waals surface area (Å²) in [6, 6.07) is 5.47. The first-order valence-electron chi connectivity index (χ1n) is 8.79. The first-order valence-corrected chi connectivity index (χ1v) is 10.4. The topological polar surface area (TPSA) is 70.6 Å². The van der Waals surface area contributed by atoms with Gasteiger partial charge in [0.1, 0.15) is 9.34 Å². The molecule has 0 radical (unpaired) electrons. The second-order valence-electron chi connectivity index (χ2n) is 7.19. The number of benzene rings is 1. The van der Waals surface area contributed by atoms with Crippen LogP contribution >= 0.6 is 34.5 Å². The zero-order valence-electron chi connectivity index (χ0n) is 15.1. The lowest BCUT2D eigenvalue weighted by Gasteiger charge is -2.25. The number of Topliss-reactive ketones (excluding diaryl/α,β-unsaturated/α-hetero) is 1. The number of amides is 2. The van der Waals surface area contributed by atoms with Crippen molar-refractivity contribution in [2.24, 2.45) is 0 Å². The second kappa shape index (κ2) is 7.13. The molecule has 0 bridgehead atoms. The summed E-state index contributed by atoms with van der Waals surface area (Å²) >= 11 is 13.4. The third kappa shape index (κ3) is 3.32. The van der Waals surface area contributed by atoms with Crippen LogP contribution in [0.3, 0.4) is 0 Å². The average molecular weight is 438 g/mol. The maximum atomic E-state index is 13.0. The standard InChI is InChI=1S/C19H17Cl2N3O3S/c1-11(25)18(27)23-5-4-19(9-23)10-24(14-3-2-12(20)6-13(14)19)17(26)7-16-22-8-15(21)28-16/h2-3,6,8H,4-5,7,9-10H2,1H3. The summed E-state index contributed by atoms with van der Waals surface area (Å²) < 4.78 is 0.544. The maximum absolute atomic E-state index is 13.0. The minimum Gasteiger partial charge on any atom is -0.335 e. The van der Waals surface area contributed by atoms with Crippen LogP contribution in [0.5, 0.6) is 0 Å². The molecule has 0 aliphatic carbocycles. The summed E-state index contributed by atoms with van der Waals surface area (Å²) in [5.41, 5.74) is 1.33. The van der Waals surface area contributed by atoms with Gasteiger partial charge in [0.05, 0.1) is 12.6 Å². The van der Waals surface area contributed by atoms with E-state index in [1.807, 2.05) is 12.1 Å². The molecule has 9 heteroatoms. The zero-order chi connectivity index (χ0) is 20.1. The molecule has 1 aromatic heterocycles. The molecule has 3 heterocycles. The van der Waals surface area contributed by atoms with Gasteiger partial charge in [-0.3, -0.25) is 14.4 Å². The van der Waals surface area contributed by atoms with Gasteiger partial charge in [0, 0.05) is 42.7 Å². The van der Waals surface area contributed by atoms with Crippen LogP contribution < -0.4 is 4.90 Å². The maximum Gasteiger partial charge on any atom is 0.289 e. The fourth-order valence-corrected chi connectivity index (χ4v) is 5.20. The van der Waals surface area contributed by atoms with Gasteiger partial charge >= 0.3 is 0 Å². The van der Waals surface area contributed by atoms with Gasteiger partial charge in [0.25, 0.3) is 5.91 Å². The van der Waals surface area contributed by atoms with Gasteiger partial charge in [-0.1, -0.05) is 23.2 Å². The summed E-state index contributed by atoms with van der Waals surface area (Å²) in [7, 11) is 0. The molecule has 6 nitrogen and oxygen atoms in total. The number of hydrogen-bond acceptors (Lipinski definition) is 5. The van der Waals surface area contributed by atoms with Crippen LogP contribution in [0.4, 0.5) is 5.69 Å². The Morgan fingerprint density at radius 2 is 2.04 bits per heavy atom. The second-order valence-corrected chi connectivity index (χ2v) is 9.37. The summed E-state index contributed by atoms with van der Waals surface area (Å²) in [6.07, 6.45) is 2.37. The van der Waals surface area contributed by atoms with E-state index in [2.05, 4.69) is 4.98 Å². The minimum atomic E-state index is -0.484. The Balaban J connectivity index is 1.64. The van der Waals surface area contributed by atoms with Crippen molar-refractivity contribution in [2.75, 3.05) is 24.5 Å². The molecule has 0 saturated carbocycles. The molecule has 146 valence electrons. The number of anilines is 1. The van der Waals surface area contributed by atoms with Crippen LogP contribution in [0.1, 0.15) is 23.9 Å². The van der Waals surface area contributed by atoms with E-state index >= 15 is 0 Å². The highest BCUT2D eigenvalue weighted by Crippen LogP contribution is 2.47. The molecule has 1 saturated heterocycles. The van der Waals surface area contributed by atoms with E-state index in [9.17, 15) is 14.4 Å². The van der Waals surface area contributed by atoms with Gasteiger partial charge < -0.3 is 9.80 Å². The molecule has 1 atom stereocenters. The van der Waals surface area contributed by atoms with E-state index in [1.165, 1.54) is 24.5 Å². The molecule has 28 heavy (non-hydrogen) atoms. The molecule has 2 amide bonds. The quantitative estimate of drug-likeness (QED) is 0.691. The zero-order valence-corrected chi connectivity index (χ0v) is 17.4. The highest BCUT2D eigenvalue weighted by molar-refractivity contribution is 7.15. The Bertz CT molecular complexity index is 993. The predicted octanol–water partition coefficient (Wildman–Crippen LogP) is 3.10. The van der Waals surface area contributed by atoms with Gasteiger partial charge in [-0.05, 0) is 30.2 Å². The van der Waals surface area contributed by atoms with Crippen LogP contribution in [0.25, 0.3) is 0 Å². The first-order chi connectivity index (χ1) is 13.3. The molecular formula is C19H17Cl2N3O3S. The molecular weight excluding hydrogens is 421 g/mol. The molecule has 2 aromatic rings. The van der Waals surface area contributed by atoms with Gasteiger partial charge in [-0.25, -0.2) is 4.98 Å². The third-order valence-corrected chi connectivity index (χ3v) is 6.70. The molecule has 2 aliphatic rings. The van der Waals surface area contributed by atoms with Crippen molar-refractivity contribution in [1.29, 1.82) is 0 Å². The summed E-state index contributed by atoms with van der Waals surface area (Å²) in [5.74, 6) is -1.04. The Morgan fingerprint density at radius 1 is 1.25 bits per heavy atom.